The van der Waals surface area contributed by atoms with Gasteiger partial charge in [0.05, 0.1) is 27.6 Å². The zero-order chi connectivity index (χ0) is 16.9. The van der Waals surface area contributed by atoms with Gasteiger partial charge in [-0.1, -0.05) is 23.9 Å². The number of anilines is 1. The molecule has 2 aromatic heterocycles. The van der Waals surface area contributed by atoms with E-state index in [-0.39, 0.29) is 17.3 Å². The zero-order valence-corrected chi connectivity index (χ0v) is 13.2. The van der Waals surface area contributed by atoms with Crippen molar-refractivity contribution in [3.63, 3.8) is 0 Å². The summed E-state index contributed by atoms with van der Waals surface area (Å²) in [4.78, 5) is 24.8. The van der Waals surface area contributed by atoms with Crippen LogP contribution in [0.2, 0.25) is 0 Å². The lowest BCUT2D eigenvalue weighted by Crippen LogP contribution is -2.13. The second-order valence-electron chi connectivity index (χ2n) is 4.86. The fourth-order valence-corrected chi connectivity index (χ4v) is 2.75. The van der Waals surface area contributed by atoms with Crippen LogP contribution in [0.4, 0.5) is 11.4 Å². The number of H-pyrrole nitrogens is 2. The lowest BCUT2D eigenvalue weighted by Gasteiger charge is -2.05. The average molecular weight is 343 g/mol. The number of rotatable bonds is 6. The van der Waals surface area contributed by atoms with Crippen LogP contribution < -0.4 is 5.32 Å². The molecule has 0 aliphatic carbocycles. The van der Waals surface area contributed by atoms with Crippen LogP contribution >= 0.6 is 11.8 Å². The maximum Gasteiger partial charge on any atom is 0.287 e. The normalized spacial score (nSPS) is 10.5. The van der Waals surface area contributed by atoms with Gasteiger partial charge >= 0.3 is 0 Å². The van der Waals surface area contributed by atoms with Gasteiger partial charge < -0.3 is 10.3 Å². The molecule has 3 aromatic rings. The van der Waals surface area contributed by atoms with Gasteiger partial charge in [-0.15, -0.1) is 0 Å². The molecule has 1 amide bonds. The standard InChI is InChI=1S/C15H13N5O3S/c21-14(9-24-15-7-12(8-16-15)20(22)23)18-11-3-1-10(2-4-11)13-5-6-17-19-13/h1-8,16H,9H2,(H,17,19)(H,18,21). The van der Waals surface area contributed by atoms with Gasteiger partial charge in [-0.3, -0.25) is 20.0 Å². The first-order valence-corrected chi connectivity index (χ1v) is 7.95. The SMILES string of the molecule is O=C(CSc1cc([N+](=O)[O-])c[nH]1)Nc1ccc(-c2ccn[nH]2)cc1. The first-order chi connectivity index (χ1) is 11.6. The van der Waals surface area contributed by atoms with Crippen LogP contribution in [0.25, 0.3) is 11.3 Å². The van der Waals surface area contributed by atoms with Crippen molar-refractivity contribution in [3.8, 4) is 11.3 Å². The largest absolute Gasteiger partial charge is 0.350 e. The van der Waals surface area contributed by atoms with Crippen molar-refractivity contribution in [3.05, 3.63) is 58.9 Å². The highest BCUT2D eigenvalue weighted by molar-refractivity contribution is 7.99. The van der Waals surface area contributed by atoms with Crippen molar-refractivity contribution >= 4 is 29.0 Å². The number of benzene rings is 1. The summed E-state index contributed by atoms with van der Waals surface area (Å²) in [5, 5.41) is 20.7. The minimum atomic E-state index is -0.484. The van der Waals surface area contributed by atoms with Gasteiger partial charge in [0.25, 0.3) is 5.69 Å². The van der Waals surface area contributed by atoms with Gasteiger partial charge in [-0.25, -0.2) is 0 Å². The number of carbonyl (C=O) groups is 1. The van der Waals surface area contributed by atoms with Gasteiger partial charge in [-0.2, -0.15) is 5.10 Å². The Kier molecular flexibility index (Phi) is 4.62. The van der Waals surface area contributed by atoms with E-state index in [9.17, 15) is 14.9 Å². The summed E-state index contributed by atoms with van der Waals surface area (Å²) in [5.74, 6) is -0.0356. The molecule has 0 unspecified atom stereocenters. The summed E-state index contributed by atoms with van der Waals surface area (Å²) < 4.78 is 0. The number of hydrogen-bond donors (Lipinski definition) is 3. The lowest BCUT2D eigenvalue weighted by molar-refractivity contribution is -0.384. The average Bonchev–Trinajstić information content (AvgIpc) is 3.25. The second kappa shape index (κ2) is 7.01. The molecule has 3 rings (SSSR count). The number of nitrogens with one attached hydrogen (secondary N) is 3. The monoisotopic (exact) mass is 343 g/mol. The third-order valence-corrected chi connectivity index (χ3v) is 4.14. The molecule has 0 aliphatic heterocycles. The van der Waals surface area contributed by atoms with E-state index < -0.39 is 4.92 Å². The van der Waals surface area contributed by atoms with Crippen LogP contribution in [0.1, 0.15) is 0 Å². The Morgan fingerprint density at radius 2 is 2.08 bits per heavy atom. The molecule has 2 heterocycles. The van der Waals surface area contributed by atoms with Crippen LogP contribution in [-0.4, -0.2) is 31.8 Å². The second-order valence-corrected chi connectivity index (χ2v) is 5.88. The summed E-state index contributed by atoms with van der Waals surface area (Å²) in [5.41, 5.74) is 2.53. The third-order valence-electron chi connectivity index (χ3n) is 3.19. The summed E-state index contributed by atoms with van der Waals surface area (Å²) in [6.07, 6.45) is 2.97. The van der Waals surface area contributed by atoms with E-state index in [0.29, 0.717) is 10.7 Å². The fourth-order valence-electron chi connectivity index (χ4n) is 2.04. The van der Waals surface area contributed by atoms with E-state index in [2.05, 4.69) is 20.5 Å². The zero-order valence-electron chi connectivity index (χ0n) is 12.4. The molecule has 8 nitrogen and oxygen atoms in total. The van der Waals surface area contributed by atoms with E-state index in [4.69, 9.17) is 0 Å². The van der Waals surface area contributed by atoms with E-state index in [1.807, 2.05) is 18.2 Å². The highest BCUT2D eigenvalue weighted by Crippen LogP contribution is 2.22. The number of hydrogen-bond acceptors (Lipinski definition) is 5. The molecule has 0 bridgehead atoms. The van der Waals surface area contributed by atoms with Crippen molar-refractivity contribution in [1.82, 2.24) is 15.2 Å². The Bertz CT molecular complexity index is 842. The number of amides is 1. The molecule has 0 fully saturated rings. The first-order valence-electron chi connectivity index (χ1n) is 6.97. The molecule has 0 radical (unpaired) electrons. The van der Waals surface area contributed by atoms with Crippen molar-refractivity contribution in [1.29, 1.82) is 0 Å². The van der Waals surface area contributed by atoms with E-state index in [1.54, 1.807) is 18.3 Å². The third kappa shape index (κ3) is 3.82. The highest BCUT2D eigenvalue weighted by atomic mass is 32.2. The number of thioether (sulfide) groups is 1. The van der Waals surface area contributed by atoms with E-state index >= 15 is 0 Å². The Labute approximate surface area is 140 Å². The molecule has 0 atom stereocenters. The molecule has 24 heavy (non-hydrogen) atoms. The van der Waals surface area contributed by atoms with Gasteiger partial charge in [0.1, 0.15) is 0 Å². The smallest absolute Gasteiger partial charge is 0.287 e. The molecule has 0 spiro atoms. The molecule has 0 aliphatic rings. The molecule has 122 valence electrons. The number of carbonyl (C=O) groups excluding carboxylic acids is 1. The number of aromatic amines is 2. The van der Waals surface area contributed by atoms with Gasteiger partial charge in [0.2, 0.25) is 5.91 Å². The molecule has 0 saturated carbocycles. The summed E-state index contributed by atoms with van der Waals surface area (Å²) in [7, 11) is 0. The van der Waals surface area contributed by atoms with Crippen LogP contribution in [0.3, 0.4) is 0 Å². The fraction of sp³-hybridized carbons (Fsp3) is 0.0667. The minimum Gasteiger partial charge on any atom is -0.350 e. The van der Waals surface area contributed by atoms with E-state index in [0.717, 1.165) is 11.3 Å². The number of aromatic nitrogens is 3. The Morgan fingerprint density at radius 3 is 2.71 bits per heavy atom. The Hall–Kier alpha value is -3.07. The molecule has 1 aromatic carbocycles. The Morgan fingerprint density at radius 1 is 1.29 bits per heavy atom. The maximum absolute atomic E-state index is 11.9. The lowest BCUT2D eigenvalue weighted by atomic mass is 10.1. The maximum atomic E-state index is 11.9. The molecular weight excluding hydrogens is 330 g/mol. The molecule has 0 saturated heterocycles. The first kappa shape index (κ1) is 15.8. The van der Waals surface area contributed by atoms with E-state index in [1.165, 1.54) is 24.0 Å². The predicted molar refractivity (Wildman–Crippen MR) is 90.8 cm³/mol. The minimum absolute atomic E-state index is 0.0210. The summed E-state index contributed by atoms with van der Waals surface area (Å²) >= 11 is 1.20. The van der Waals surface area contributed by atoms with Crippen molar-refractivity contribution in [2.75, 3.05) is 11.1 Å². The molecule has 9 heteroatoms. The van der Waals surface area contributed by atoms with Crippen molar-refractivity contribution in [2.24, 2.45) is 0 Å². The van der Waals surface area contributed by atoms with Crippen molar-refractivity contribution < 1.29 is 9.72 Å². The van der Waals surface area contributed by atoms with Crippen molar-refractivity contribution in [2.45, 2.75) is 5.03 Å². The van der Waals surface area contributed by atoms with Crippen LogP contribution in [-0.2, 0) is 4.79 Å². The van der Waals surface area contributed by atoms with Gasteiger partial charge in [0, 0.05) is 18.0 Å². The Balaban J connectivity index is 1.53. The molecule has 3 N–H and O–H groups in total. The number of nitrogens with zero attached hydrogens (tertiary/aromatic N) is 2. The van der Waals surface area contributed by atoms with Gasteiger partial charge in [0.15, 0.2) is 0 Å². The predicted octanol–water partition coefficient (Wildman–Crippen LogP) is 3.04. The number of nitro groups is 1. The summed E-state index contributed by atoms with van der Waals surface area (Å²) in [6, 6.07) is 10.6. The van der Waals surface area contributed by atoms with Gasteiger partial charge in [-0.05, 0) is 23.8 Å². The topological polar surface area (TPSA) is 117 Å². The highest BCUT2D eigenvalue weighted by Gasteiger charge is 2.11. The molecular formula is C15H13N5O3S. The van der Waals surface area contributed by atoms with Crippen LogP contribution in [0.5, 0.6) is 0 Å². The van der Waals surface area contributed by atoms with Crippen LogP contribution in [0.15, 0.2) is 53.8 Å². The summed E-state index contributed by atoms with van der Waals surface area (Å²) in [6.45, 7) is 0. The van der Waals surface area contributed by atoms with Crippen LogP contribution in [0, 0.1) is 10.1 Å². The quantitative estimate of drug-likeness (QED) is 0.361.